The summed E-state index contributed by atoms with van der Waals surface area (Å²) < 4.78 is 33.5. The van der Waals surface area contributed by atoms with Crippen molar-refractivity contribution in [3.05, 3.63) is 48.5 Å². The summed E-state index contributed by atoms with van der Waals surface area (Å²) in [5, 5.41) is 3.33. The Labute approximate surface area is 160 Å². The van der Waals surface area contributed by atoms with Crippen molar-refractivity contribution in [2.45, 2.75) is 4.90 Å². The van der Waals surface area contributed by atoms with Gasteiger partial charge in [-0.3, -0.25) is 4.31 Å². The third-order valence-corrected chi connectivity index (χ3v) is 6.40. The van der Waals surface area contributed by atoms with Crippen LogP contribution in [-0.4, -0.2) is 47.7 Å². The summed E-state index contributed by atoms with van der Waals surface area (Å²) in [4.78, 5) is 2.55. The number of sulfonamides is 1. The summed E-state index contributed by atoms with van der Waals surface area (Å²) >= 11 is 0. The summed E-state index contributed by atoms with van der Waals surface area (Å²) in [5.74, 6) is 0.662. The van der Waals surface area contributed by atoms with Crippen molar-refractivity contribution in [3.8, 4) is 5.75 Å². The molecule has 0 unspecified atom stereocenters. The van der Waals surface area contributed by atoms with E-state index in [2.05, 4.69) is 10.2 Å². The van der Waals surface area contributed by atoms with Crippen LogP contribution in [-0.2, 0) is 10.0 Å². The number of fused-ring (bicyclic) bond motifs is 1. The molecule has 0 radical (unpaired) electrons. The molecular formula is C18H22ClN3O3S. The predicted octanol–water partition coefficient (Wildman–Crippen LogP) is 2.11. The number of anilines is 2. The zero-order valence-electron chi connectivity index (χ0n) is 14.3. The average molecular weight is 396 g/mol. The lowest BCUT2D eigenvalue weighted by Crippen LogP contribution is -2.44. The predicted molar refractivity (Wildman–Crippen MR) is 105 cm³/mol. The monoisotopic (exact) mass is 395 g/mol. The zero-order chi connectivity index (χ0) is 17.3. The van der Waals surface area contributed by atoms with Crippen molar-refractivity contribution in [2.24, 2.45) is 0 Å². The van der Waals surface area contributed by atoms with E-state index in [4.69, 9.17) is 4.74 Å². The Bertz CT molecular complexity index is 855. The first kappa shape index (κ1) is 18.8. The Morgan fingerprint density at radius 3 is 2.31 bits per heavy atom. The van der Waals surface area contributed by atoms with Gasteiger partial charge in [0.1, 0.15) is 6.61 Å². The number of hydrogen-bond donors (Lipinski definition) is 1. The van der Waals surface area contributed by atoms with E-state index in [0.717, 1.165) is 31.9 Å². The molecule has 0 atom stereocenters. The molecule has 2 aromatic carbocycles. The van der Waals surface area contributed by atoms with Gasteiger partial charge in [-0.1, -0.05) is 24.3 Å². The van der Waals surface area contributed by atoms with E-state index in [1.807, 2.05) is 24.3 Å². The van der Waals surface area contributed by atoms with Crippen LogP contribution >= 0.6 is 12.4 Å². The maximum atomic E-state index is 13.1. The van der Waals surface area contributed by atoms with E-state index >= 15 is 0 Å². The van der Waals surface area contributed by atoms with Gasteiger partial charge in [0.25, 0.3) is 10.0 Å². The number of nitrogens with zero attached hydrogens (tertiary/aromatic N) is 2. The van der Waals surface area contributed by atoms with Crippen LogP contribution < -0.4 is 19.3 Å². The highest BCUT2D eigenvalue weighted by molar-refractivity contribution is 7.92. The Morgan fingerprint density at radius 1 is 0.885 bits per heavy atom. The molecule has 0 spiro atoms. The fourth-order valence-corrected chi connectivity index (χ4v) is 4.81. The molecule has 140 valence electrons. The second-order valence-corrected chi connectivity index (χ2v) is 7.96. The van der Waals surface area contributed by atoms with Gasteiger partial charge < -0.3 is 15.0 Å². The summed E-state index contributed by atoms with van der Waals surface area (Å²) in [5.41, 5.74) is 1.58. The van der Waals surface area contributed by atoms with Crippen molar-refractivity contribution in [1.82, 2.24) is 5.32 Å². The maximum Gasteiger partial charge on any atom is 0.264 e. The Hall–Kier alpha value is -1.96. The van der Waals surface area contributed by atoms with E-state index in [0.29, 0.717) is 29.5 Å². The first-order valence-corrected chi connectivity index (χ1v) is 9.91. The number of hydrogen-bond acceptors (Lipinski definition) is 5. The van der Waals surface area contributed by atoms with Crippen LogP contribution in [0, 0.1) is 0 Å². The molecule has 8 heteroatoms. The fraction of sp³-hybridized carbons (Fsp3) is 0.333. The smallest absolute Gasteiger partial charge is 0.264 e. The third kappa shape index (κ3) is 3.34. The molecule has 0 aliphatic carbocycles. The highest BCUT2D eigenvalue weighted by Gasteiger charge is 2.32. The van der Waals surface area contributed by atoms with E-state index in [-0.39, 0.29) is 12.4 Å². The minimum absolute atomic E-state index is 0. The molecule has 2 heterocycles. The first-order chi connectivity index (χ1) is 12.2. The van der Waals surface area contributed by atoms with E-state index in [1.54, 1.807) is 24.3 Å². The molecule has 0 aromatic heterocycles. The minimum atomic E-state index is -3.60. The molecule has 0 saturated carbocycles. The van der Waals surface area contributed by atoms with Crippen molar-refractivity contribution in [2.75, 3.05) is 48.5 Å². The Kier molecular flexibility index (Phi) is 5.60. The number of ether oxygens (including phenoxy) is 1. The molecule has 1 fully saturated rings. The van der Waals surface area contributed by atoms with Crippen molar-refractivity contribution < 1.29 is 13.2 Å². The fourth-order valence-electron chi connectivity index (χ4n) is 3.33. The third-order valence-electron chi connectivity index (χ3n) is 4.57. The van der Waals surface area contributed by atoms with Crippen LogP contribution in [0.15, 0.2) is 53.4 Å². The SMILES string of the molecule is Cl.O=S(=O)(c1ccccc1)N1CCOc2c(N3CCNCC3)cccc21. The molecule has 1 N–H and O–H groups in total. The second kappa shape index (κ2) is 7.73. The van der Waals surface area contributed by atoms with Crippen LogP contribution in [0.25, 0.3) is 0 Å². The number of piperazine rings is 1. The van der Waals surface area contributed by atoms with Gasteiger partial charge >= 0.3 is 0 Å². The topological polar surface area (TPSA) is 61.9 Å². The zero-order valence-corrected chi connectivity index (χ0v) is 15.9. The van der Waals surface area contributed by atoms with Crippen molar-refractivity contribution in [3.63, 3.8) is 0 Å². The van der Waals surface area contributed by atoms with Gasteiger partial charge in [-0.05, 0) is 24.3 Å². The lowest BCUT2D eigenvalue weighted by Gasteiger charge is -2.36. The van der Waals surface area contributed by atoms with E-state index in [1.165, 1.54) is 4.31 Å². The van der Waals surface area contributed by atoms with Gasteiger partial charge in [0, 0.05) is 26.2 Å². The first-order valence-electron chi connectivity index (χ1n) is 8.47. The van der Waals surface area contributed by atoms with Gasteiger partial charge in [0.15, 0.2) is 5.75 Å². The molecule has 2 aliphatic rings. The van der Waals surface area contributed by atoms with Gasteiger partial charge in [-0.15, -0.1) is 12.4 Å². The van der Waals surface area contributed by atoms with E-state index in [9.17, 15) is 8.42 Å². The molecule has 0 amide bonds. The number of para-hydroxylation sites is 1. The molecule has 2 aliphatic heterocycles. The normalized spacial score (nSPS) is 17.1. The van der Waals surface area contributed by atoms with Gasteiger partial charge in [-0.25, -0.2) is 8.42 Å². The van der Waals surface area contributed by atoms with Gasteiger partial charge in [-0.2, -0.15) is 0 Å². The summed E-state index contributed by atoms with van der Waals surface area (Å²) in [7, 11) is -3.60. The highest BCUT2D eigenvalue weighted by atomic mass is 35.5. The largest absolute Gasteiger partial charge is 0.487 e. The molecule has 0 bridgehead atoms. The maximum absolute atomic E-state index is 13.1. The Morgan fingerprint density at radius 2 is 1.58 bits per heavy atom. The molecule has 6 nitrogen and oxygen atoms in total. The number of nitrogens with one attached hydrogen (secondary N) is 1. The molecule has 4 rings (SSSR count). The van der Waals surface area contributed by atoms with E-state index < -0.39 is 10.0 Å². The lowest BCUT2D eigenvalue weighted by molar-refractivity contribution is 0.315. The van der Waals surface area contributed by atoms with Crippen LogP contribution in [0.1, 0.15) is 0 Å². The summed E-state index contributed by atoms with van der Waals surface area (Å²) in [6.07, 6.45) is 0. The second-order valence-electron chi connectivity index (χ2n) is 6.10. The van der Waals surface area contributed by atoms with Crippen LogP contribution in [0.5, 0.6) is 5.75 Å². The van der Waals surface area contributed by atoms with Crippen LogP contribution in [0.3, 0.4) is 0 Å². The number of rotatable bonds is 3. The standard InChI is InChI=1S/C18H21N3O3S.ClH/c22-25(23,15-5-2-1-3-6-15)21-13-14-24-18-16(7-4-8-17(18)21)20-11-9-19-10-12-20;/h1-8,19H,9-14H2;1H. The average Bonchev–Trinajstić information content (AvgIpc) is 2.68. The summed E-state index contributed by atoms with van der Waals surface area (Å²) in [6.45, 7) is 4.25. The molecule has 1 saturated heterocycles. The number of benzene rings is 2. The van der Waals surface area contributed by atoms with Crippen LogP contribution in [0.2, 0.25) is 0 Å². The number of halogens is 1. The molecule has 2 aromatic rings. The molecular weight excluding hydrogens is 374 g/mol. The summed E-state index contributed by atoms with van der Waals surface area (Å²) in [6, 6.07) is 14.3. The highest BCUT2D eigenvalue weighted by Crippen LogP contribution is 2.42. The van der Waals surface area contributed by atoms with Gasteiger partial charge in [0.2, 0.25) is 0 Å². The van der Waals surface area contributed by atoms with Crippen molar-refractivity contribution >= 4 is 33.8 Å². The van der Waals surface area contributed by atoms with Crippen molar-refractivity contribution in [1.29, 1.82) is 0 Å². The lowest BCUT2D eigenvalue weighted by atomic mass is 10.2. The minimum Gasteiger partial charge on any atom is -0.487 e. The quantitative estimate of drug-likeness (QED) is 0.862. The molecule has 26 heavy (non-hydrogen) atoms. The van der Waals surface area contributed by atoms with Crippen LogP contribution in [0.4, 0.5) is 11.4 Å². The van der Waals surface area contributed by atoms with Gasteiger partial charge in [0.05, 0.1) is 22.8 Å². The Balaban J connectivity index is 0.00000196.